The van der Waals surface area contributed by atoms with Crippen molar-refractivity contribution in [3.8, 4) is 11.3 Å². The lowest BCUT2D eigenvalue weighted by atomic mass is 9.93. The first-order chi connectivity index (χ1) is 12.7. The highest BCUT2D eigenvalue weighted by atomic mass is 16.2. The molecule has 0 bridgehead atoms. The van der Waals surface area contributed by atoms with Gasteiger partial charge < -0.3 is 10.6 Å². The molecule has 1 saturated heterocycles. The number of hydrogen-bond acceptors (Lipinski definition) is 5. The number of aromatic nitrogens is 4. The van der Waals surface area contributed by atoms with E-state index in [-0.39, 0.29) is 12.5 Å². The predicted molar refractivity (Wildman–Crippen MR) is 98.3 cm³/mol. The van der Waals surface area contributed by atoms with Crippen LogP contribution in [0.2, 0.25) is 0 Å². The summed E-state index contributed by atoms with van der Waals surface area (Å²) in [6, 6.07) is 5.96. The van der Waals surface area contributed by atoms with Crippen molar-refractivity contribution in [2.45, 2.75) is 19.3 Å². The maximum atomic E-state index is 11.9. The van der Waals surface area contributed by atoms with E-state index in [1.54, 1.807) is 6.20 Å². The molecular weight excluding hydrogens is 328 g/mol. The maximum Gasteiger partial charge on any atom is 0.236 e. The van der Waals surface area contributed by atoms with Crippen LogP contribution in [-0.2, 0) is 11.2 Å². The molecule has 0 saturated carbocycles. The van der Waals surface area contributed by atoms with Gasteiger partial charge in [0.1, 0.15) is 0 Å². The molecule has 3 aromatic heterocycles. The van der Waals surface area contributed by atoms with Gasteiger partial charge >= 0.3 is 0 Å². The lowest BCUT2D eigenvalue weighted by Gasteiger charge is -2.32. The number of likely N-dealkylation sites (tertiary alicyclic amines) is 1. The molecule has 7 nitrogen and oxygen atoms in total. The Bertz CT molecular complexity index is 921. The number of pyridine rings is 1. The summed E-state index contributed by atoms with van der Waals surface area (Å²) in [5.41, 5.74) is 9.26. The summed E-state index contributed by atoms with van der Waals surface area (Å²) in [6.07, 6.45) is 10.3. The molecule has 3 aromatic rings. The van der Waals surface area contributed by atoms with Gasteiger partial charge in [-0.2, -0.15) is 5.10 Å². The fraction of sp³-hybridized carbons (Fsp3) is 0.368. The van der Waals surface area contributed by atoms with Gasteiger partial charge in [0, 0.05) is 31.0 Å². The van der Waals surface area contributed by atoms with Crippen LogP contribution < -0.4 is 5.73 Å². The molecule has 0 radical (unpaired) electrons. The molecule has 0 unspecified atom stereocenters. The molecule has 1 amide bonds. The summed E-state index contributed by atoms with van der Waals surface area (Å²) in [4.78, 5) is 22.9. The molecule has 1 aliphatic rings. The largest absolute Gasteiger partial charge is 0.341 e. The summed E-state index contributed by atoms with van der Waals surface area (Å²) in [5, 5.41) is 4.37. The van der Waals surface area contributed by atoms with Gasteiger partial charge in [0.25, 0.3) is 0 Å². The predicted octanol–water partition coefficient (Wildman–Crippen LogP) is 1.53. The van der Waals surface area contributed by atoms with Gasteiger partial charge in [0.2, 0.25) is 5.91 Å². The molecule has 0 aromatic carbocycles. The number of rotatable bonds is 4. The van der Waals surface area contributed by atoms with E-state index in [4.69, 9.17) is 10.7 Å². The van der Waals surface area contributed by atoms with Gasteiger partial charge in [-0.25, -0.2) is 9.50 Å². The molecule has 134 valence electrons. The van der Waals surface area contributed by atoms with Gasteiger partial charge in [-0.05, 0) is 37.3 Å². The average molecular weight is 350 g/mol. The SMILES string of the molecule is NCC(=O)N1CCC[C@@H](Cc2cncc(-c3cnn4ccccc34)n2)C1. The molecule has 0 aliphatic carbocycles. The summed E-state index contributed by atoms with van der Waals surface area (Å²) >= 11 is 0. The Morgan fingerprint density at radius 2 is 2.19 bits per heavy atom. The molecule has 4 heterocycles. The van der Waals surface area contributed by atoms with E-state index in [1.807, 2.05) is 46.2 Å². The van der Waals surface area contributed by atoms with Crippen LogP contribution in [0.25, 0.3) is 16.8 Å². The number of nitrogens with two attached hydrogens (primary N) is 1. The Labute approximate surface area is 151 Å². The highest BCUT2D eigenvalue weighted by molar-refractivity contribution is 5.78. The van der Waals surface area contributed by atoms with Crippen molar-refractivity contribution in [2.75, 3.05) is 19.6 Å². The van der Waals surface area contributed by atoms with Crippen molar-refractivity contribution in [3.63, 3.8) is 0 Å². The van der Waals surface area contributed by atoms with Crippen LogP contribution in [0.15, 0.2) is 43.0 Å². The smallest absolute Gasteiger partial charge is 0.236 e. The number of amides is 1. The van der Waals surface area contributed by atoms with E-state index in [2.05, 4.69) is 10.1 Å². The van der Waals surface area contributed by atoms with Gasteiger partial charge in [0.05, 0.1) is 35.8 Å². The third kappa shape index (κ3) is 3.30. The lowest BCUT2D eigenvalue weighted by Crippen LogP contribution is -2.43. The summed E-state index contributed by atoms with van der Waals surface area (Å²) < 4.78 is 1.83. The van der Waals surface area contributed by atoms with E-state index in [0.29, 0.717) is 5.92 Å². The fourth-order valence-corrected chi connectivity index (χ4v) is 3.65. The number of carbonyl (C=O) groups is 1. The molecule has 2 N–H and O–H groups in total. The quantitative estimate of drug-likeness (QED) is 0.771. The molecule has 7 heteroatoms. The first-order valence-electron chi connectivity index (χ1n) is 8.96. The second-order valence-corrected chi connectivity index (χ2v) is 6.74. The van der Waals surface area contributed by atoms with Crippen molar-refractivity contribution >= 4 is 11.4 Å². The highest BCUT2D eigenvalue weighted by Crippen LogP contribution is 2.24. The van der Waals surface area contributed by atoms with Crippen molar-refractivity contribution in [1.82, 2.24) is 24.5 Å². The van der Waals surface area contributed by atoms with Gasteiger partial charge in [-0.3, -0.25) is 9.78 Å². The first kappa shape index (κ1) is 16.7. The van der Waals surface area contributed by atoms with E-state index >= 15 is 0 Å². The third-order valence-corrected chi connectivity index (χ3v) is 4.93. The van der Waals surface area contributed by atoms with E-state index in [9.17, 15) is 4.79 Å². The van der Waals surface area contributed by atoms with Crippen LogP contribution in [0.1, 0.15) is 18.5 Å². The van der Waals surface area contributed by atoms with Crippen molar-refractivity contribution < 1.29 is 4.79 Å². The number of hydrogen-bond donors (Lipinski definition) is 1. The molecule has 0 spiro atoms. The highest BCUT2D eigenvalue weighted by Gasteiger charge is 2.23. The zero-order valence-electron chi connectivity index (χ0n) is 14.6. The number of nitrogens with zero attached hydrogens (tertiary/aromatic N) is 5. The van der Waals surface area contributed by atoms with Crippen LogP contribution in [0, 0.1) is 5.92 Å². The fourth-order valence-electron chi connectivity index (χ4n) is 3.65. The Morgan fingerprint density at radius 1 is 1.27 bits per heavy atom. The summed E-state index contributed by atoms with van der Waals surface area (Å²) in [7, 11) is 0. The van der Waals surface area contributed by atoms with Crippen LogP contribution in [0.5, 0.6) is 0 Å². The minimum absolute atomic E-state index is 0.0286. The zero-order valence-corrected chi connectivity index (χ0v) is 14.6. The normalized spacial score (nSPS) is 17.6. The molecule has 1 atom stereocenters. The van der Waals surface area contributed by atoms with Gasteiger partial charge in [-0.1, -0.05) is 6.07 Å². The Hall–Kier alpha value is -2.80. The minimum Gasteiger partial charge on any atom is -0.341 e. The number of carbonyl (C=O) groups excluding carboxylic acids is 1. The molecule has 26 heavy (non-hydrogen) atoms. The van der Waals surface area contributed by atoms with Gasteiger partial charge in [0.15, 0.2) is 0 Å². The summed E-state index contributed by atoms with van der Waals surface area (Å²) in [6.45, 7) is 1.63. The number of fused-ring (bicyclic) bond motifs is 1. The van der Waals surface area contributed by atoms with E-state index in [1.165, 1.54) is 0 Å². The van der Waals surface area contributed by atoms with E-state index in [0.717, 1.165) is 54.8 Å². The monoisotopic (exact) mass is 350 g/mol. The van der Waals surface area contributed by atoms with Crippen molar-refractivity contribution in [1.29, 1.82) is 0 Å². The molecule has 4 rings (SSSR count). The van der Waals surface area contributed by atoms with Crippen LogP contribution in [0.4, 0.5) is 0 Å². The summed E-state index contributed by atoms with van der Waals surface area (Å²) in [5.74, 6) is 0.425. The maximum absolute atomic E-state index is 11.9. The van der Waals surface area contributed by atoms with E-state index < -0.39 is 0 Å². The Balaban J connectivity index is 1.54. The second kappa shape index (κ2) is 7.21. The third-order valence-electron chi connectivity index (χ3n) is 4.93. The number of piperidine rings is 1. The second-order valence-electron chi connectivity index (χ2n) is 6.74. The molecule has 1 fully saturated rings. The topological polar surface area (TPSA) is 89.4 Å². The van der Waals surface area contributed by atoms with Crippen LogP contribution in [0.3, 0.4) is 0 Å². The first-order valence-corrected chi connectivity index (χ1v) is 8.96. The average Bonchev–Trinajstić information content (AvgIpc) is 3.12. The lowest BCUT2D eigenvalue weighted by molar-refractivity contribution is -0.131. The standard InChI is InChI=1S/C19H22N6O/c20-9-19(26)24-6-3-4-14(13-24)8-15-10-21-12-17(23-15)16-11-22-25-7-2-1-5-18(16)25/h1-2,5,7,10-12,14H,3-4,6,8-9,13,20H2/t14-/m0/s1. The minimum atomic E-state index is 0.0286. The van der Waals surface area contributed by atoms with Crippen molar-refractivity contribution in [2.24, 2.45) is 11.7 Å². The molecule has 1 aliphatic heterocycles. The van der Waals surface area contributed by atoms with Crippen molar-refractivity contribution in [3.05, 3.63) is 48.7 Å². The Kier molecular flexibility index (Phi) is 4.62. The zero-order chi connectivity index (χ0) is 17.9. The van der Waals surface area contributed by atoms with Gasteiger partial charge in [-0.15, -0.1) is 0 Å². The van der Waals surface area contributed by atoms with Crippen LogP contribution in [-0.4, -0.2) is 50.0 Å². The van der Waals surface area contributed by atoms with Crippen LogP contribution >= 0.6 is 0 Å². The molecular formula is C19H22N6O. The Morgan fingerprint density at radius 3 is 3.08 bits per heavy atom.